The van der Waals surface area contributed by atoms with Crippen LogP contribution in [0.25, 0.3) is 21.9 Å². The lowest BCUT2D eigenvalue weighted by molar-refractivity contribution is -0.118. The number of carbonyl (C=O) groups excluding carboxylic acids is 2. The molecule has 0 aliphatic carbocycles. The summed E-state index contributed by atoms with van der Waals surface area (Å²) in [4.78, 5) is 32.4. The molecule has 156 valence electrons. The third-order valence-corrected chi connectivity index (χ3v) is 4.57. The first-order valence-corrected chi connectivity index (χ1v) is 9.51. The number of nitriles is 1. The molecule has 31 heavy (non-hydrogen) atoms. The third kappa shape index (κ3) is 5.22. The highest BCUT2D eigenvalue weighted by atomic mass is 16.2. The highest BCUT2D eigenvalue weighted by Gasteiger charge is 2.17. The molecule has 2 heterocycles. The van der Waals surface area contributed by atoms with E-state index in [-0.39, 0.29) is 0 Å². The zero-order valence-electron chi connectivity index (χ0n) is 17.4. The average molecular weight is 414 g/mol. The number of amides is 2. The summed E-state index contributed by atoms with van der Waals surface area (Å²) in [5.41, 5.74) is 8.70. The number of aryl methyl sites for hydroxylation is 1. The van der Waals surface area contributed by atoms with E-state index in [4.69, 9.17) is 11.0 Å². The number of rotatable bonds is 5. The molecular weight excluding hydrogens is 392 g/mol. The van der Waals surface area contributed by atoms with Crippen molar-refractivity contribution in [3.63, 3.8) is 0 Å². The van der Waals surface area contributed by atoms with Crippen molar-refractivity contribution in [3.05, 3.63) is 60.6 Å². The number of aromatic nitrogens is 2. The topological polar surface area (TPSA) is 134 Å². The van der Waals surface area contributed by atoms with Crippen molar-refractivity contribution in [1.29, 1.82) is 5.26 Å². The van der Waals surface area contributed by atoms with Gasteiger partial charge in [0.1, 0.15) is 11.4 Å². The Hall–Kier alpha value is -4.25. The van der Waals surface area contributed by atoms with Gasteiger partial charge in [0.15, 0.2) is 0 Å². The Morgan fingerprint density at radius 1 is 1.16 bits per heavy atom. The van der Waals surface area contributed by atoms with Crippen molar-refractivity contribution < 1.29 is 9.59 Å². The van der Waals surface area contributed by atoms with Gasteiger partial charge < -0.3 is 16.4 Å². The summed E-state index contributed by atoms with van der Waals surface area (Å²) in [6.45, 7) is 5.12. The van der Waals surface area contributed by atoms with Crippen LogP contribution in [0.1, 0.15) is 19.4 Å². The molecule has 0 radical (unpaired) electrons. The Labute approximate surface area is 179 Å². The van der Waals surface area contributed by atoms with Crippen molar-refractivity contribution in [2.45, 2.75) is 26.3 Å². The quantitative estimate of drug-likeness (QED) is 0.434. The van der Waals surface area contributed by atoms with E-state index < -0.39 is 17.4 Å². The molecule has 0 aliphatic rings. The smallest absolute Gasteiger partial charge is 0.249 e. The lowest BCUT2D eigenvalue weighted by Gasteiger charge is -2.15. The van der Waals surface area contributed by atoms with Gasteiger partial charge in [-0.1, -0.05) is 0 Å². The van der Waals surface area contributed by atoms with Gasteiger partial charge in [0.25, 0.3) is 0 Å². The molecule has 0 atom stereocenters. The number of anilines is 2. The minimum atomic E-state index is -1.03. The van der Waals surface area contributed by atoms with Crippen LogP contribution in [0.15, 0.2) is 55.0 Å². The number of nitrogens with one attached hydrogen (secondary N) is 2. The number of benzene rings is 1. The monoisotopic (exact) mass is 414 g/mol. The molecule has 3 aromatic rings. The lowest BCUT2D eigenvalue weighted by Crippen LogP contribution is -2.41. The SMILES string of the molecule is Cc1ccncc1-c1cc(N)c2cnc(NC(=O)/C=C/C(=O)NC(C)(C)C#N)cc2c1. The van der Waals surface area contributed by atoms with Gasteiger partial charge in [-0.25, -0.2) is 4.98 Å². The second-order valence-electron chi connectivity index (χ2n) is 7.60. The van der Waals surface area contributed by atoms with E-state index in [1.807, 2.05) is 31.2 Å². The molecule has 8 nitrogen and oxygen atoms in total. The van der Waals surface area contributed by atoms with Gasteiger partial charge in [-0.2, -0.15) is 5.26 Å². The molecule has 8 heteroatoms. The summed E-state index contributed by atoms with van der Waals surface area (Å²) < 4.78 is 0. The van der Waals surface area contributed by atoms with E-state index in [9.17, 15) is 9.59 Å². The van der Waals surface area contributed by atoms with Gasteiger partial charge in [0.2, 0.25) is 11.8 Å². The molecule has 3 rings (SSSR count). The Morgan fingerprint density at radius 2 is 1.90 bits per heavy atom. The number of carbonyl (C=O) groups is 2. The molecule has 0 aliphatic heterocycles. The van der Waals surface area contributed by atoms with E-state index in [2.05, 4.69) is 20.6 Å². The van der Waals surface area contributed by atoms with Crippen LogP contribution in [0.3, 0.4) is 0 Å². The van der Waals surface area contributed by atoms with Crippen molar-refractivity contribution in [2.75, 3.05) is 11.1 Å². The molecule has 2 amide bonds. The average Bonchev–Trinajstić information content (AvgIpc) is 2.72. The molecule has 0 spiro atoms. The van der Waals surface area contributed by atoms with E-state index in [0.717, 1.165) is 39.6 Å². The Balaban J connectivity index is 1.81. The first-order chi connectivity index (χ1) is 14.7. The third-order valence-electron chi connectivity index (χ3n) is 4.57. The summed E-state index contributed by atoms with van der Waals surface area (Å²) >= 11 is 0. The van der Waals surface area contributed by atoms with Crippen molar-refractivity contribution >= 4 is 34.1 Å². The minimum absolute atomic E-state index is 0.319. The van der Waals surface area contributed by atoms with E-state index >= 15 is 0 Å². The summed E-state index contributed by atoms with van der Waals surface area (Å²) in [5, 5.41) is 15.6. The van der Waals surface area contributed by atoms with Crippen LogP contribution < -0.4 is 16.4 Å². The largest absolute Gasteiger partial charge is 0.398 e. The fourth-order valence-electron chi connectivity index (χ4n) is 2.97. The van der Waals surface area contributed by atoms with Crippen LogP contribution in [0.5, 0.6) is 0 Å². The highest BCUT2D eigenvalue weighted by molar-refractivity contribution is 6.04. The van der Waals surface area contributed by atoms with Crippen LogP contribution in [0.2, 0.25) is 0 Å². The minimum Gasteiger partial charge on any atom is -0.398 e. The van der Waals surface area contributed by atoms with Crippen LogP contribution in [0, 0.1) is 18.3 Å². The number of nitrogen functional groups attached to an aromatic ring is 1. The highest BCUT2D eigenvalue weighted by Crippen LogP contribution is 2.31. The van der Waals surface area contributed by atoms with Gasteiger partial charge in [0.05, 0.1) is 6.07 Å². The molecule has 1 aromatic carbocycles. The molecule has 0 saturated carbocycles. The zero-order chi connectivity index (χ0) is 22.6. The van der Waals surface area contributed by atoms with Gasteiger partial charge in [-0.05, 0) is 61.5 Å². The normalized spacial score (nSPS) is 11.3. The number of hydrogen-bond donors (Lipinski definition) is 3. The van der Waals surface area contributed by atoms with Crippen molar-refractivity contribution in [1.82, 2.24) is 15.3 Å². The predicted octanol–water partition coefficient (Wildman–Crippen LogP) is 3.10. The Morgan fingerprint density at radius 3 is 2.61 bits per heavy atom. The maximum atomic E-state index is 12.2. The Kier molecular flexibility index (Phi) is 5.97. The van der Waals surface area contributed by atoms with Gasteiger partial charge in [-0.15, -0.1) is 0 Å². The van der Waals surface area contributed by atoms with E-state index in [0.29, 0.717) is 11.5 Å². The molecule has 0 saturated heterocycles. The summed E-state index contributed by atoms with van der Waals surface area (Å²) in [6.07, 6.45) is 7.25. The molecular formula is C23H22N6O2. The lowest BCUT2D eigenvalue weighted by atomic mass is 9.99. The molecule has 0 unspecified atom stereocenters. The van der Waals surface area contributed by atoms with Crippen LogP contribution in [-0.4, -0.2) is 27.3 Å². The van der Waals surface area contributed by atoms with Crippen molar-refractivity contribution in [3.8, 4) is 17.2 Å². The molecule has 2 aromatic heterocycles. The first kappa shape index (κ1) is 21.5. The number of nitrogens with two attached hydrogens (primary N) is 1. The summed E-state index contributed by atoms with van der Waals surface area (Å²) in [6, 6.07) is 9.42. The van der Waals surface area contributed by atoms with E-state index in [1.54, 1.807) is 38.5 Å². The Bertz CT molecular complexity index is 1240. The summed E-state index contributed by atoms with van der Waals surface area (Å²) in [5.74, 6) is -0.749. The van der Waals surface area contributed by atoms with Crippen molar-refractivity contribution in [2.24, 2.45) is 0 Å². The number of fused-ring (bicyclic) bond motifs is 1. The number of hydrogen-bond acceptors (Lipinski definition) is 6. The number of pyridine rings is 2. The predicted molar refractivity (Wildman–Crippen MR) is 120 cm³/mol. The second kappa shape index (κ2) is 8.63. The fourth-order valence-corrected chi connectivity index (χ4v) is 2.97. The van der Waals surface area contributed by atoms with Crippen LogP contribution in [0.4, 0.5) is 11.5 Å². The number of nitrogens with zero attached hydrogens (tertiary/aromatic N) is 3. The summed E-state index contributed by atoms with van der Waals surface area (Å²) in [7, 11) is 0. The van der Waals surface area contributed by atoms with Gasteiger partial charge in [-0.3, -0.25) is 14.6 Å². The molecule has 0 bridgehead atoms. The first-order valence-electron chi connectivity index (χ1n) is 9.51. The molecule has 4 N–H and O–H groups in total. The van der Waals surface area contributed by atoms with Gasteiger partial charge >= 0.3 is 0 Å². The van der Waals surface area contributed by atoms with Gasteiger partial charge in [0, 0.05) is 47.4 Å². The standard InChI is InChI=1S/C23H22N6O2/c1-14-6-7-26-11-17(14)15-8-16-10-20(27-12-18(16)19(25)9-15)28-21(30)4-5-22(31)29-23(2,3)13-24/h4-12H,25H2,1-3H3,(H,29,31)(H,27,28,30)/b5-4+. The maximum absolute atomic E-state index is 12.2. The van der Waals surface area contributed by atoms with E-state index in [1.165, 1.54) is 0 Å². The fraction of sp³-hybridized carbons (Fsp3) is 0.174. The maximum Gasteiger partial charge on any atom is 0.249 e. The van der Waals surface area contributed by atoms with Crippen LogP contribution >= 0.6 is 0 Å². The second-order valence-corrected chi connectivity index (χ2v) is 7.60. The zero-order valence-corrected chi connectivity index (χ0v) is 17.4. The van der Waals surface area contributed by atoms with Crippen LogP contribution in [-0.2, 0) is 9.59 Å². The molecule has 0 fully saturated rings.